The molecule has 1 aliphatic carbocycles. The van der Waals surface area contributed by atoms with E-state index in [1.165, 1.54) is 6.33 Å². The zero-order valence-corrected chi connectivity index (χ0v) is 9.85. The molecule has 0 radical (unpaired) electrons. The number of amides is 2. The lowest BCUT2D eigenvalue weighted by molar-refractivity contribution is -0.139. The minimum Gasteiger partial charge on any atom is -0.480 e. The van der Waals surface area contributed by atoms with Crippen molar-refractivity contribution in [1.82, 2.24) is 20.6 Å². The van der Waals surface area contributed by atoms with Gasteiger partial charge in [0.15, 0.2) is 0 Å². The van der Waals surface area contributed by atoms with E-state index >= 15 is 0 Å². The topological polar surface area (TPSA) is 107 Å². The Hall–Kier alpha value is -2.05. The molecule has 4 N–H and O–H groups in total. The maximum Gasteiger partial charge on any atom is 0.326 e. The number of carbonyl (C=O) groups is 2. The smallest absolute Gasteiger partial charge is 0.326 e. The first kappa shape index (κ1) is 12.4. The Balaban J connectivity index is 1.85. The highest BCUT2D eigenvalue weighted by atomic mass is 16.4. The predicted molar refractivity (Wildman–Crippen MR) is 63.0 cm³/mol. The number of nitrogens with zero attached hydrogens (tertiary/aromatic N) is 1. The molecule has 7 nitrogen and oxygen atoms in total. The van der Waals surface area contributed by atoms with Crippen molar-refractivity contribution in [3.63, 3.8) is 0 Å². The quantitative estimate of drug-likeness (QED) is 0.602. The zero-order valence-electron chi connectivity index (χ0n) is 9.85. The molecule has 1 aromatic heterocycles. The monoisotopic (exact) mass is 252 g/mol. The molecule has 0 aliphatic heterocycles. The standard InChI is InChI=1S/C11H16N4O3/c16-10(17)9(4-8-5-12-6-13-8)15-11(18)14-7-2-1-3-7/h5-7,9H,1-4H2,(H,12,13)(H,16,17)(H2,14,15,18)/t9-/m0/s1. The number of carbonyl (C=O) groups excluding carboxylic acids is 1. The summed E-state index contributed by atoms with van der Waals surface area (Å²) in [4.78, 5) is 29.3. The highest BCUT2D eigenvalue weighted by molar-refractivity contribution is 5.82. The van der Waals surface area contributed by atoms with Crippen LogP contribution in [0.1, 0.15) is 25.0 Å². The van der Waals surface area contributed by atoms with Crippen LogP contribution in [0.4, 0.5) is 4.79 Å². The van der Waals surface area contributed by atoms with E-state index in [1.54, 1.807) is 6.20 Å². The van der Waals surface area contributed by atoms with Crippen LogP contribution in [0, 0.1) is 0 Å². The van der Waals surface area contributed by atoms with Gasteiger partial charge in [0.05, 0.1) is 6.33 Å². The fraction of sp³-hybridized carbons (Fsp3) is 0.545. The van der Waals surface area contributed by atoms with Crippen molar-refractivity contribution >= 4 is 12.0 Å². The van der Waals surface area contributed by atoms with Crippen molar-refractivity contribution in [2.45, 2.75) is 37.8 Å². The van der Waals surface area contributed by atoms with E-state index < -0.39 is 18.0 Å². The predicted octanol–water partition coefficient (Wildman–Crippen LogP) is 0.257. The minimum absolute atomic E-state index is 0.187. The second kappa shape index (κ2) is 5.52. The maximum atomic E-state index is 11.6. The summed E-state index contributed by atoms with van der Waals surface area (Å²) in [5, 5.41) is 14.2. The van der Waals surface area contributed by atoms with Crippen molar-refractivity contribution in [3.8, 4) is 0 Å². The lowest BCUT2D eigenvalue weighted by Gasteiger charge is -2.27. The van der Waals surface area contributed by atoms with Gasteiger partial charge in [0.25, 0.3) is 0 Å². The average Bonchev–Trinajstić information content (AvgIpc) is 2.75. The van der Waals surface area contributed by atoms with Crippen molar-refractivity contribution in [3.05, 3.63) is 18.2 Å². The number of hydrogen-bond acceptors (Lipinski definition) is 3. The molecular weight excluding hydrogens is 236 g/mol. The van der Waals surface area contributed by atoms with Crippen molar-refractivity contribution < 1.29 is 14.7 Å². The van der Waals surface area contributed by atoms with E-state index in [2.05, 4.69) is 20.6 Å². The Bertz CT molecular complexity index is 414. The third-order valence-electron chi connectivity index (χ3n) is 3.02. The molecule has 1 aromatic rings. The van der Waals surface area contributed by atoms with Crippen LogP contribution in [0.15, 0.2) is 12.5 Å². The molecule has 0 bridgehead atoms. The minimum atomic E-state index is -1.06. The summed E-state index contributed by atoms with van der Waals surface area (Å²) < 4.78 is 0. The number of urea groups is 1. The van der Waals surface area contributed by atoms with Gasteiger partial charge < -0.3 is 20.7 Å². The van der Waals surface area contributed by atoms with E-state index in [0.29, 0.717) is 5.69 Å². The fourth-order valence-corrected chi connectivity index (χ4v) is 1.75. The summed E-state index contributed by atoms with van der Waals surface area (Å²) >= 11 is 0. The Morgan fingerprint density at radius 2 is 2.33 bits per heavy atom. The molecule has 0 spiro atoms. The van der Waals surface area contributed by atoms with Crippen LogP contribution in [-0.2, 0) is 11.2 Å². The van der Waals surface area contributed by atoms with Gasteiger partial charge in [-0.05, 0) is 19.3 Å². The highest BCUT2D eigenvalue weighted by Gasteiger charge is 2.24. The van der Waals surface area contributed by atoms with E-state index in [0.717, 1.165) is 19.3 Å². The summed E-state index contributed by atoms with van der Waals surface area (Å²) in [6.45, 7) is 0. The third-order valence-corrected chi connectivity index (χ3v) is 3.02. The number of hydrogen-bond donors (Lipinski definition) is 4. The van der Waals surface area contributed by atoms with Crippen molar-refractivity contribution in [1.29, 1.82) is 0 Å². The largest absolute Gasteiger partial charge is 0.480 e. The van der Waals surface area contributed by atoms with Crippen LogP contribution in [0.3, 0.4) is 0 Å². The number of imidazole rings is 1. The molecule has 98 valence electrons. The van der Waals surface area contributed by atoms with Crippen molar-refractivity contribution in [2.24, 2.45) is 0 Å². The fourth-order valence-electron chi connectivity index (χ4n) is 1.75. The van der Waals surface area contributed by atoms with Gasteiger partial charge in [-0.2, -0.15) is 0 Å². The van der Waals surface area contributed by atoms with Crippen LogP contribution < -0.4 is 10.6 Å². The summed E-state index contributed by atoms with van der Waals surface area (Å²) in [6.07, 6.45) is 6.25. The molecule has 1 saturated carbocycles. The van der Waals surface area contributed by atoms with Crippen LogP contribution in [0.5, 0.6) is 0 Å². The number of nitrogens with one attached hydrogen (secondary N) is 3. The van der Waals surface area contributed by atoms with Crippen LogP contribution in [-0.4, -0.2) is 39.2 Å². The molecule has 0 saturated heterocycles. The number of carboxylic acid groups (broad SMARTS) is 1. The Morgan fingerprint density at radius 3 is 2.83 bits per heavy atom. The van der Waals surface area contributed by atoms with Crippen molar-refractivity contribution in [2.75, 3.05) is 0 Å². The lowest BCUT2D eigenvalue weighted by Crippen LogP contribution is -2.51. The van der Waals surface area contributed by atoms with Crippen LogP contribution in [0.2, 0.25) is 0 Å². The Labute approximate surface area is 104 Å². The van der Waals surface area contributed by atoms with Crippen LogP contribution in [0.25, 0.3) is 0 Å². The number of carboxylic acids is 1. The molecule has 18 heavy (non-hydrogen) atoms. The average molecular weight is 252 g/mol. The second-order valence-electron chi connectivity index (χ2n) is 4.42. The molecule has 2 amide bonds. The number of aromatic nitrogens is 2. The molecule has 1 heterocycles. The molecular formula is C11H16N4O3. The normalized spacial score (nSPS) is 16.7. The van der Waals surface area contributed by atoms with Gasteiger partial charge in [0.2, 0.25) is 0 Å². The van der Waals surface area contributed by atoms with E-state index in [4.69, 9.17) is 5.11 Å². The SMILES string of the molecule is O=C(NC1CCC1)N[C@@H](Cc1cnc[nH]1)C(=O)O. The first-order valence-corrected chi connectivity index (χ1v) is 5.92. The summed E-state index contributed by atoms with van der Waals surface area (Å²) in [6, 6.07) is -1.19. The van der Waals surface area contributed by atoms with Gasteiger partial charge >= 0.3 is 12.0 Å². The van der Waals surface area contributed by atoms with Gasteiger partial charge in [0.1, 0.15) is 6.04 Å². The maximum absolute atomic E-state index is 11.6. The van der Waals surface area contributed by atoms with E-state index in [1.807, 2.05) is 0 Å². The molecule has 7 heteroatoms. The first-order valence-electron chi connectivity index (χ1n) is 5.92. The van der Waals surface area contributed by atoms with E-state index in [9.17, 15) is 9.59 Å². The number of H-pyrrole nitrogens is 1. The Kier molecular flexibility index (Phi) is 3.81. The molecule has 1 atom stereocenters. The number of aliphatic carboxylic acids is 1. The summed E-state index contributed by atoms with van der Waals surface area (Å²) in [5.41, 5.74) is 0.673. The third kappa shape index (κ3) is 3.22. The second-order valence-corrected chi connectivity index (χ2v) is 4.42. The first-order chi connectivity index (χ1) is 8.65. The van der Waals surface area contributed by atoms with Gasteiger partial charge in [-0.15, -0.1) is 0 Å². The number of aromatic amines is 1. The van der Waals surface area contributed by atoms with E-state index in [-0.39, 0.29) is 12.5 Å². The molecule has 1 aliphatic rings. The molecule has 0 unspecified atom stereocenters. The summed E-state index contributed by atoms with van der Waals surface area (Å²) in [7, 11) is 0. The van der Waals surface area contributed by atoms with Gasteiger partial charge in [-0.3, -0.25) is 0 Å². The molecule has 0 aromatic carbocycles. The van der Waals surface area contributed by atoms with Gasteiger partial charge in [0, 0.05) is 24.4 Å². The lowest BCUT2D eigenvalue weighted by atomic mass is 9.93. The molecule has 1 fully saturated rings. The zero-order chi connectivity index (χ0) is 13.0. The van der Waals surface area contributed by atoms with Gasteiger partial charge in [-0.1, -0.05) is 0 Å². The Morgan fingerprint density at radius 1 is 1.56 bits per heavy atom. The molecule has 2 rings (SSSR count). The van der Waals surface area contributed by atoms with Gasteiger partial charge in [-0.25, -0.2) is 14.6 Å². The number of rotatable bonds is 5. The highest BCUT2D eigenvalue weighted by Crippen LogP contribution is 2.17. The van der Waals surface area contributed by atoms with Crippen LogP contribution >= 0.6 is 0 Å². The summed E-state index contributed by atoms with van der Waals surface area (Å²) in [5.74, 6) is -1.06.